The maximum Gasteiger partial charge on any atom is 0.0540 e. The second-order valence-corrected chi connectivity index (χ2v) is 9.28. The highest BCUT2D eigenvalue weighted by Crippen LogP contribution is 2.47. The third-order valence-corrected chi connectivity index (χ3v) is 6.96. The van der Waals surface area contributed by atoms with Crippen molar-refractivity contribution >= 4 is 22.6 Å². The topological polar surface area (TPSA) is 3.24 Å². The molecule has 0 N–H and O–H groups in total. The van der Waals surface area contributed by atoms with E-state index < -0.39 is 0 Å². The van der Waals surface area contributed by atoms with Crippen LogP contribution in [-0.2, 0) is 0 Å². The molecule has 0 aliphatic heterocycles. The second-order valence-electron chi connectivity index (χ2n) is 9.28. The molecule has 1 aliphatic rings. The second kappa shape index (κ2) is 10.6. The molecule has 0 aromatic heterocycles. The van der Waals surface area contributed by atoms with E-state index in [1.807, 2.05) is 0 Å². The molecule has 5 aromatic carbocycles. The van der Waals surface area contributed by atoms with Crippen LogP contribution in [0.15, 0.2) is 152 Å². The van der Waals surface area contributed by atoms with E-state index in [2.05, 4.69) is 157 Å². The Hall–Kier alpha value is -4.62. The third-order valence-electron chi connectivity index (χ3n) is 6.96. The zero-order valence-electron chi connectivity index (χ0n) is 20.8. The van der Waals surface area contributed by atoms with E-state index in [-0.39, 0.29) is 0 Å². The molecule has 6 rings (SSSR count). The molecule has 1 heteroatoms. The highest BCUT2D eigenvalue weighted by Gasteiger charge is 2.23. The molecular formula is C36H29N. The molecule has 0 radical (unpaired) electrons. The third kappa shape index (κ3) is 4.64. The number of para-hydroxylation sites is 3. The summed E-state index contributed by atoms with van der Waals surface area (Å²) >= 11 is 0. The molecule has 0 saturated carbocycles. The standard InChI is InChI=1S/C36H29N/c1-4-16-28(17-5-1)31-22-10-13-25-34(31)37(35-26-14-11-23-32(35)29-18-6-2-7-19-29)36-27-15-12-24-33(36)30-20-8-3-9-21-30/h1-8,10-20,22-27H,9,21H2. The minimum Gasteiger partial charge on any atom is -0.309 e. The van der Waals surface area contributed by atoms with Crippen LogP contribution in [0, 0.1) is 0 Å². The number of benzene rings is 5. The van der Waals surface area contributed by atoms with Crippen molar-refractivity contribution in [3.63, 3.8) is 0 Å². The lowest BCUT2D eigenvalue weighted by molar-refractivity contribution is 1.05. The van der Waals surface area contributed by atoms with E-state index in [1.165, 1.54) is 39.1 Å². The van der Waals surface area contributed by atoms with Gasteiger partial charge in [0.15, 0.2) is 0 Å². The van der Waals surface area contributed by atoms with Crippen molar-refractivity contribution in [2.75, 3.05) is 4.90 Å². The molecule has 0 fully saturated rings. The summed E-state index contributed by atoms with van der Waals surface area (Å²) in [5, 5.41) is 0. The molecule has 178 valence electrons. The zero-order chi connectivity index (χ0) is 24.9. The van der Waals surface area contributed by atoms with Crippen LogP contribution < -0.4 is 4.90 Å². The summed E-state index contributed by atoms with van der Waals surface area (Å²) in [6.07, 6.45) is 8.82. The van der Waals surface area contributed by atoms with Gasteiger partial charge >= 0.3 is 0 Å². The molecule has 37 heavy (non-hydrogen) atoms. The Morgan fingerprint density at radius 1 is 0.432 bits per heavy atom. The Balaban J connectivity index is 1.64. The Labute approximate surface area is 219 Å². The van der Waals surface area contributed by atoms with Gasteiger partial charge in [-0.05, 0) is 47.7 Å². The van der Waals surface area contributed by atoms with Gasteiger partial charge in [-0.3, -0.25) is 0 Å². The smallest absolute Gasteiger partial charge is 0.0540 e. The van der Waals surface area contributed by atoms with Crippen LogP contribution in [0.3, 0.4) is 0 Å². The molecular weight excluding hydrogens is 446 g/mol. The first-order valence-electron chi connectivity index (χ1n) is 12.9. The fraction of sp³-hybridized carbons (Fsp3) is 0.0556. The SMILES string of the molecule is C1=CCCC(c2ccccc2N(c2ccccc2-c2ccccc2)c2ccccc2-c2ccccc2)=C1. The average molecular weight is 476 g/mol. The first-order valence-corrected chi connectivity index (χ1v) is 12.9. The van der Waals surface area contributed by atoms with E-state index in [1.54, 1.807) is 0 Å². The quantitative estimate of drug-likeness (QED) is 0.236. The molecule has 1 nitrogen and oxygen atoms in total. The molecule has 0 amide bonds. The zero-order valence-corrected chi connectivity index (χ0v) is 20.8. The predicted octanol–water partition coefficient (Wildman–Crippen LogP) is 10.2. The van der Waals surface area contributed by atoms with Crippen LogP contribution in [0.5, 0.6) is 0 Å². The maximum absolute atomic E-state index is 2.46. The van der Waals surface area contributed by atoms with Gasteiger partial charge in [-0.2, -0.15) is 0 Å². The van der Waals surface area contributed by atoms with Gasteiger partial charge in [0.05, 0.1) is 17.1 Å². The van der Waals surface area contributed by atoms with Gasteiger partial charge in [-0.25, -0.2) is 0 Å². The molecule has 0 saturated heterocycles. The molecule has 0 bridgehead atoms. The van der Waals surface area contributed by atoms with Crippen LogP contribution in [0.4, 0.5) is 17.1 Å². The lowest BCUT2D eigenvalue weighted by Crippen LogP contribution is -2.14. The number of anilines is 3. The summed E-state index contributed by atoms with van der Waals surface area (Å²) in [6, 6.07) is 47.7. The van der Waals surface area contributed by atoms with Crippen LogP contribution in [0.2, 0.25) is 0 Å². The fourth-order valence-electron chi connectivity index (χ4n) is 5.22. The lowest BCUT2D eigenvalue weighted by atomic mass is 9.93. The molecule has 5 aromatic rings. The maximum atomic E-state index is 2.46. The number of allylic oxidation sites excluding steroid dienone is 4. The summed E-state index contributed by atoms with van der Waals surface area (Å²) in [5.41, 5.74) is 11.0. The van der Waals surface area contributed by atoms with Gasteiger partial charge in [0.25, 0.3) is 0 Å². The molecule has 0 spiro atoms. The van der Waals surface area contributed by atoms with E-state index in [4.69, 9.17) is 0 Å². The van der Waals surface area contributed by atoms with Crippen LogP contribution >= 0.6 is 0 Å². The van der Waals surface area contributed by atoms with E-state index in [0.717, 1.165) is 24.2 Å². The van der Waals surface area contributed by atoms with Crippen LogP contribution in [-0.4, -0.2) is 0 Å². The van der Waals surface area contributed by atoms with E-state index in [0.29, 0.717) is 0 Å². The first-order chi connectivity index (χ1) is 18.4. The lowest BCUT2D eigenvalue weighted by Gasteiger charge is -2.32. The molecule has 0 heterocycles. The monoisotopic (exact) mass is 475 g/mol. The largest absolute Gasteiger partial charge is 0.309 e. The minimum atomic E-state index is 1.04. The molecule has 1 aliphatic carbocycles. The van der Waals surface area contributed by atoms with Gasteiger partial charge in [0, 0.05) is 16.7 Å². The van der Waals surface area contributed by atoms with Crippen molar-refractivity contribution < 1.29 is 0 Å². The predicted molar refractivity (Wildman–Crippen MR) is 158 cm³/mol. The Bertz CT molecular complexity index is 1480. The minimum absolute atomic E-state index is 1.04. The van der Waals surface area contributed by atoms with Crippen molar-refractivity contribution in [2.45, 2.75) is 12.8 Å². The Morgan fingerprint density at radius 2 is 0.865 bits per heavy atom. The Morgan fingerprint density at radius 3 is 1.35 bits per heavy atom. The number of rotatable bonds is 6. The number of hydrogen-bond acceptors (Lipinski definition) is 1. The number of nitrogens with zero attached hydrogens (tertiary/aromatic N) is 1. The summed E-state index contributed by atoms with van der Waals surface area (Å²) in [4.78, 5) is 2.46. The van der Waals surface area contributed by atoms with Gasteiger partial charge in [-0.1, -0.05) is 133 Å². The van der Waals surface area contributed by atoms with Crippen LogP contribution in [0.1, 0.15) is 18.4 Å². The van der Waals surface area contributed by atoms with Crippen molar-refractivity contribution in [3.05, 3.63) is 157 Å². The normalized spacial score (nSPS) is 12.7. The van der Waals surface area contributed by atoms with Crippen LogP contribution in [0.25, 0.3) is 27.8 Å². The van der Waals surface area contributed by atoms with Crippen molar-refractivity contribution in [2.24, 2.45) is 0 Å². The molecule has 0 unspecified atom stereocenters. The van der Waals surface area contributed by atoms with Crippen molar-refractivity contribution in [1.29, 1.82) is 0 Å². The Kier molecular flexibility index (Phi) is 6.51. The highest BCUT2D eigenvalue weighted by atomic mass is 15.1. The number of hydrogen-bond donors (Lipinski definition) is 0. The summed E-state index contributed by atoms with van der Waals surface area (Å²) in [6.45, 7) is 0. The fourth-order valence-corrected chi connectivity index (χ4v) is 5.22. The summed E-state index contributed by atoms with van der Waals surface area (Å²) in [7, 11) is 0. The molecule has 0 atom stereocenters. The van der Waals surface area contributed by atoms with Gasteiger partial charge in [0.2, 0.25) is 0 Å². The average Bonchev–Trinajstić information content (AvgIpc) is 2.99. The van der Waals surface area contributed by atoms with Crippen molar-refractivity contribution in [1.82, 2.24) is 0 Å². The van der Waals surface area contributed by atoms with E-state index >= 15 is 0 Å². The summed E-state index contributed by atoms with van der Waals surface area (Å²) in [5.74, 6) is 0. The van der Waals surface area contributed by atoms with Gasteiger partial charge < -0.3 is 4.90 Å². The first kappa shape index (κ1) is 22.8. The van der Waals surface area contributed by atoms with Gasteiger partial charge in [0.1, 0.15) is 0 Å². The van der Waals surface area contributed by atoms with Crippen molar-refractivity contribution in [3.8, 4) is 22.3 Å². The van der Waals surface area contributed by atoms with Gasteiger partial charge in [-0.15, -0.1) is 0 Å². The summed E-state index contributed by atoms with van der Waals surface area (Å²) < 4.78 is 0. The van der Waals surface area contributed by atoms with E-state index in [9.17, 15) is 0 Å². The highest BCUT2D eigenvalue weighted by molar-refractivity contribution is 5.96.